The summed E-state index contributed by atoms with van der Waals surface area (Å²) in [5.74, 6) is 1.57. The Bertz CT molecular complexity index is 2520. The van der Waals surface area contributed by atoms with Crippen LogP contribution in [0, 0.1) is 25.7 Å². The fraction of sp³-hybridized carbons (Fsp3) is 0.737. The fourth-order valence-corrected chi connectivity index (χ4v) is 21.3. The Morgan fingerprint density at radius 1 is 0.349 bits per heavy atom. The average molecular weight is 1430 g/mol. The second-order valence-corrected chi connectivity index (χ2v) is 35.4. The molecule has 0 N–H and O–H groups in total. The van der Waals surface area contributed by atoms with Crippen molar-refractivity contribution >= 4 is 66.4 Å². The molecule has 7 heteroatoms. The van der Waals surface area contributed by atoms with Crippen molar-refractivity contribution in [2.24, 2.45) is 11.8 Å². The van der Waals surface area contributed by atoms with Crippen molar-refractivity contribution in [1.82, 2.24) is 9.13 Å². The number of aryl methyl sites for hydroxylation is 4. The van der Waals surface area contributed by atoms with Crippen molar-refractivity contribution in [3.8, 4) is 26.3 Å². The van der Waals surface area contributed by atoms with Gasteiger partial charge in [-0.1, -0.05) is 207 Å². The molecule has 0 bridgehead atoms. The predicted molar refractivity (Wildman–Crippen MR) is 371 cm³/mol. The molecule has 5 heterocycles. The van der Waals surface area contributed by atoms with Gasteiger partial charge in [-0.05, 0) is 0 Å². The van der Waals surface area contributed by atoms with Crippen molar-refractivity contribution in [2.75, 3.05) is 0 Å². The van der Waals surface area contributed by atoms with E-state index in [4.69, 9.17) is 0 Å². The smallest absolute Gasteiger partial charge is 0.0654 e. The zero-order valence-electron chi connectivity index (χ0n) is 54.7. The maximum atomic E-state index is 15.4. The number of unbranched alkanes of at least 4 members (excludes halogenated alkanes) is 34. The molecular formula is C76H124N2O2SeTe2. The van der Waals surface area contributed by atoms with E-state index in [0.717, 1.165) is 72.8 Å². The molecule has 0 saturated carbocycles. The maximum absolute atomic E-state index is 15.4. The van der Waals surface area contributed by atoms with Gasteiger partial charge in [0.2, 0.25) is 0 Å². The van der Waals surface area contributed by atoms with E-state index in [1.807, 2.05) is 0 Å². The molecule has 0 amide bonds. The van der Waals surface area contributed by atoms with Crippen LogP contribution >= 0.6 is 0 Å². The van der Waals surface area contributed by atoms with Crippen LogP contribution in [0.4, 0.5) is 0 Å². The number of pyridine rings is 2. The standard InChI is InChI=1S/C76H124N2O2SeTe2/c1-7-11-15-19-23-27-29-33-37-41-49-65(47-39-35-31-25-21-17-13-9-3)51-43-45-59-77-70-62-68(73-57-58-74(83-73)71-55-53-63(5)81-71)76(80)78(69(70)61-67(75(77)79)72-56-54-64(6)82-72)60-46-44-52-66(48-40-36-32-26-22-18-14-10-4)50-42-38-34-30-28-24-20-16-12-8-2/h53-58,61-62,65-66H,7-52,59-60H2,1-6H3. The third-order valence-electron chi connectivity index (χ3n) is 18.6. The molecule has 0 saturated heterocycles. The molecule has 468 valence electrons. The minimum atomic E-state index is -0.738. The molecule has 0 aromatic carbocycles. The van der Waals surface area contributed by atoms with Crippen LogP contribution in [0.2, 0.25) is 0 Å². The summed E-state index contributed by atoms with van der Waals surface area (Å²) in [5, 5.41) is 0. The normalized spacial score (nSPS) is 12.6. The van der Waals surface area contributed by atoms with Crippen LogP contribution in [-0.2, 0) is 13.1 Å². The summed E-state index contributed by atoms with van der Waals surface area (Å²) in [5.41, 5.74) is 4.05. The van der Waals surface area contributed by atoms with Gasteiger partial charge in [0.05, 0.1) is 0 Å². The molecule has 0 aliphatic rings. The topological polar surface area (TPSA) is 44.0 Å². The van der Waals surface area contributed by atoms with Gasteiger partial charge in [-0.2, -0.15) is 0 Å². The Hall–Kier alpha value is -1.30. The van der Waals surface area contributed by atoms with Crippen LogP contribution in [0.3, 0.4) is 0 Å². The molecule has 0 radical (unpaired) electrons. The SMILES string of the molecule is CCCCCCCCCCCCC(CCCCCCCCCC)CCCCn1c(=O)c(-c2ccc(C)[te]2)cc2c1cc(-c1ccc(-c3ccc(C)[se]3)[te]1)c(=O)n2CCCCC(CCCCCCCCCC)CCCCCCCCCCCC. The van der Waals surface area contributed by atoms with E-state index in [1.165, 1.54) is 293 Å². The van der Waals surface area contributed by atoms with Crippen LogP contribution in [-0.4, -0.2) is 64.5 Å². The molecule has 0 spiro atoms. The molecule has 0 aliphatic carbocycles. The van der Waals surface area contributed by atoms with E-state index >= 15 is 9.59 Å². The van der Waals surface area contributed by atoms with Gasteiger partial charge in [-0.25, -0.2) is 0 Å². The van der Waals surface area contributed by atoms with Crippen LogP contribution < -0.4 is 11.1 Å². The summed E-state index contributed by atoms with van der Waals surface area (Å²) in [6.07, 6.45) is 62.5. The van der Waals surface area contributed by atoms with Gasteiger partial charge >= 0.3 is 333 Å². The first kappa shape index (κ1) is 72.4. The van der Waals surface area contributed by atoms with Gasteiger partial charge in [0.25, 0.3) is 0 Å². The minimum absolute atomic E-state index is 0.167. The Morgan fingerprint density at radius 3 is 0.964 bits per heavy atom. The van der Waals surface area contributed by atoms with Crippen molar-refractivity contribution in [2.45, 2.75) is 350 Å². The molecule has 5 rings (SSSR count). The predicted octanol–water partition coefficient (Wildman–Crippen LogP) is 23.2. The Labute approximate surface area is 536 Å². The van der Waals surface area contributed by atoms with Crippen LogP contribution in [0.1, 0.15) is 331 Å². The fourth-order valence-electron chi connectivity index (χ4n) is 13.3. The monoisotopic (exact) mass is 1440 g/mol. The Kier molecular flexibility index (Phi) is 40.0. The molecule has 0 fully saturated rings. The van der Waals surface area contributed by atoms with Gasteiger partial charge in [0.1, 0.15) is 0 Å². The summed E-state index contributed by atoms with van der Waals surface area (Å²) >= 11 is -0.974. The van der Waals surface area contributed by atoms with Crippen molar-refractivity contribution in [3.63, 3.8) is 0 Å². The third-order valence-corrected chi connectivity index (χ3v) is 27.9. The van der Waals surface area contributed by atoms with Crippen molar-refractivity contribution in [1.29, 1.82) is 0 Å². The first-order valence-electron chi connectivity index (χ1n) is 35.8. The van der Waals surface area contributed by atoms with E-state index < -0.39 is 40.9 Å². The number of nitrogens with zero attached hydrogens (tertiary/aromatic N) is 2. The molecule has 4 nitrogen and oxygen atoms in total. The molecule has 2 atom stereocenters. The van der Waals surface area contributed by atoms with E-state index in [0.29, 0.717) is 14.5 Å². The number of hydrogen-bond acceptors (Lipinski definition) is 2. The first-order valence-corrected chi connectivity index (χ1v) is 42.2. The van der Waals surface area contributed by atoms with E-state index in [1.54, 1.807) is 0 Å². The molecule has 83 heavy (non-hydrogen) atoms. The first-order chi connectivity index (χ1) is 40.8. The van der Waals surface area contributed by atoms with E-state index in [9.17, 15) is 0 Å². The summed E-state index contributed by atoms with van der Waals surface area (Å²) in [4.78, 5) is 30.6. The second-order valence-electron chi connectivity index (χ2n) is 26.0. The molecule has 2 unspecified atom stereocenters. The van der Waals surface area contributed by atoms with Gasteiger partial charge in [-0.15, -0.1) is 0 Å². The van der Waals surface area contributed by atoms with Crippen LogP contribution in [0.15, 0.2) is 58.1 Å². The van der Waals surface area contributed by atoms with E-state index in [-0.39, 0.29) is 11.1 Å². The zero-order valence-corrected chi connectivity index (χ0v) is 61.0. The van der Waals surface area contributed by atoms with Crippen LogP contribution in [0.25, 0.3) is 37.3 Å². The van der Waals surface area contributed by atoms with Crippen molar-refractivity contribution in [3.05, 3.63) is 77.3 Å². The minimum Gasteiger partial charge on any atom is -0.0654 e. The molecule has 5 aromatic heterocycles. The quantitative estimate of drug-likeness (QED) is 0.0288. The Balaban J connectivity index is 1.36. The van der Waals surface area contributed by atoms with Crippen molar-refractivity contribution < 1.29 is 0 Å². The number of fused-ring (bicyclic) bond motifs is 1. The Morgan fingerprint density at radius 2 is 0.651 bits per heavy atom. The van der Waals surface area contributed by atoms with Gasteiger partial charge < -0.3 is 0 Å². The summed E-state index contributed by atoms with van der Waals surface area (Å²) < 4.78 is 12.7. The zero-order chi connectivity index (χ0) is 59.0. The van der Waals surface area contributed by atoms with Gasteiger partial charge in [0, 0.05) is 0 Å². The molecule has 0 aliphatic heterocycles. The number of aromatic nitrogens is 2. The summed E-state index contributed by atoms with van der Waals surface area (Å²) in [6, 6.07) is 18.2. The molecule has 5 aromatic rings. The third kappa shape index (κ3) is 28.8. The average Bonchev–Trinajstić information content (AvgIpc) is 4.49. The number of rotatable bonds is 53. The summed E-state index contributed by atoms with van der Waals surface area (Å²) in [6.45, 7) is 15.2. The van der Waals surface area contributed by atoms with Gasteiger partial charge in [-0.3, -0.25) is 0 Å². The second kappa shape index (κ2) is 45.9. The number of hydrogen-bond donors (Lipinski definition) is 0. The molecular weight excluding hydrogens is 1310 g/mol. The van der Waals surface area contributed by atoms with Gasteiger partial charge in [0.15, 0.2) is 0 Å². The van der Waals surface area contributed by atoms with E-state index in [2.05, 4.69) is 99.2 Å². The summed E-state index contributed by atoms with van der Waals surface area (Å²) in [7, 11) is 0. The van der Waals surface area contributed by atoms with Crippen LogP contribution in [0.5, 0.6) is 0 Å².